The summed E-state index contributed by atoms with van der Waals surface area (Å²) in [4.78, 5) is 9.16. The Labute approximate surface area is 192 Å². The molecule has 160 valence electrons. The molecule has 4 rings (SSSR count). The fraction of sp³-hybridized carbons (Fsp3) is 0.200. The standard InChI is InChI=1S/C25H24N6S/c1-3-4-16-32-24-23(18(2)31(30-24)21-8-6-5-7-9-21)22-14-15-27-25(29-22)28-20-12-10-19(17-26)11-13-20/h5-15H,3-4,16H2,1-2H3,(H,27,28,29). The van der Waals surface area contributed by atoms with Crippen LogP contribution in [0, 0.1) is 18.3 Å². The molecule has 4 aromatic rings. The van der Waals surface area contributed by atoms with Crippen molar-refractivity contribution in [2.75, 3.05) is 11.1 Å². The van der Waals surface area contributed by atoms with E-state index < -0.39 is 0 Å². The van der Waals surface area contributed by atoms with Crippen molar-refractivity contribution in [2.24, 2.45) is 0 Å². The first kappa shape index (κ1) is 21.6. The maximum atomic E-state index is 8.99. The smallest absolute Gasteiger partial charge is 0.227 e. The fourth-order valence-electron chi connectivity index (χ4n) is 3.32. The van der Waals surface area contributed by atoms with Gasteiger partial charge < -0.3 is 5.32 Å². The Balaban J connectivity index is 1.70. The summed E-state index contributed by atoms with van der Waals surface area (Å²) in [6.45, 7) is 4.27. The van der Waals surface area contributed by atoms with Crippen LogP contribution in [-0.4, -0.2) is 25.5 Å². The second kappa shape index (κ2) is 10.1. The number of benzene rings is 2. The third kappa shape index (κ3) is 4.82. The normalized spacial score (nSPS) is 10.7. The van der Waals surface area contributed by atoms with Crippen molar-refractivity contribution in [3.8, 4) is 23.0 Å². The summed E-state index contributed by atoms with van der Waals surface area (Å²) < 4.78 is 1.99. The fourth-order valence-corrected chi connectivity index (χ4v) is 4.48. The highest BCUT2D eigenvalue weighted by Gasteiger charge is 2.19. The highest BCUT2D eigenvalue weighted by atomic mass is 32.2. The van der Waals surface area contributed by atoms with Gasteiger partial charge in [0.2, 0.25) is 5.95 Å². The second-order valence-corrected chi connectivity index (χ2v) is 8.38. The quantitative estimate of drug-likeness (QED) is 0.262. The van der Waals surface area contributed by atoms with E-state index in [1.54, 1.807) is 30.1 Å². The van der Waals surface area contributed by atoms with Crippen LogP contribution in [0.1, 0.15) is 31.0 Å². The molecular weight excluding hydrogens is 416 g/mol. The summed E-state index contributed by atoms with van der Waals surface area (Å²) in [6.07, 6.45) is 4.04. The average molecular weight is 441 g/mol. The van der Waals surface area contributed by atoms with E-state index in [0.717, 1.165) is 51.9 Å². The van der Waals surface area contributed by atoms with E-state index in [9.17, 15) is 0 Å². The van der Waals surface area contributed by atoms with Gasteiger partial charge in [-0.3, -0.25) is 0 Å². The van der Waals surface area contributed by atoms with Crippen LogP contribution in [-0.2, 0) is 0 Å². The van der Waals surface area contributed by atoms with Crippen LogP contribution >= 0.6 is 11.8 Å². The number of thioether (sulfide) groups is 1. The molecule has 32 heavy (non-hydrogen) atoms. The molecule has 0 atom stereocenters. The molecule has 0 amide bonds. The minimum atomic E-state index is 0.503. The molecule has 2 aromatic heterocycles. The van der Waals surface area contributed by atoms with Gasteiger partial charge in [0.25, 0.3) is 0 Å². The molecule has 0 aliphatic rings. The molecule has 0 radical (unpaired) electrons. The molecule has 0 saturated heterocycles. The van der Waals surface area contributed by atoms with Crippen LogP contribution in [0.25, 0.3) is 16.9 Å². The molecule has 2 aromatic carbocycles. The summed E-state index contributed by atoms with van der Waals surface area (Å²) in [5.41, 5.74) is 5.37. The first-order chi connectivity index (χ1) is 15.7. The number of nitrogens with zero attached hydrogens (tertiary/aromatic N) is 5. The summed E-state index contributed by atoms with van der Waals surface area (Å²) in [6, 6.07) is 21.4. The molecule has 0 spiro atoms. The summed E-state index contributed by atoms with van der Waals surface area (Å²) in [5.74, 6) is 1.51. The Morgan fingerprint density at radius 1 is 1.06 bits per heavy atom. The summed E-state index contributed by atoms with van der Waals surface area (Å²) >= 11 is 1.77. The van der Waals surface area contributed by atoms with Gasteiger partial charge in [-0.1, -0.05) is 31.5 Å². The maximum Gasteiger partial charge on any atom is 0.227 e. The molecule has 0 unspecified atom stereocenters. The minimum Gasteiger partial charge on any atom is -0.324 e. The second-order valence-electron chi connectivity index (χ2n) is 7.29. The molecule has 0 aliphatic heterocycles. The highest BCUT2D eigenvalue weighted by molar-refractivity contribution is 7.99. The molecule has 6 nitrogen and oxygen atoms in total. The number of para-hydroxylation sites is 1. The van der Waals surface area contributed by atoms with Crippen LogP contribution in [0.4, 0.5) is 11.6 Å². The van der Waals surface area contributed by atoms with Gasteiger partial charge in [0.05, 0.1) is 34.3 Å². The van der Waals surface area contributed by atoms with Crippen molar-refractivity contribution in [1.82, 2.24) is 19.7 Å². The number of rotatable bonds is 8. The van der Waals surface area contributed by atoms with Crippen LogP contribution in [0.3, 0.4) is 0 Å². The van der Waals surface area contributed by atoms with Crippen molar-refractivity contribution in [3.63, 3.8) is 0 Å². The number of nitrogens with one attached hydrogen (secondary N) is 1. The van der Waals surface area contributed by atoms with Crippen LogP contribution < -0.4 is 5.32 Å². The Morgan fingerprint density at radius 3 is 2.56 bits per heavy atom. The van der Waals surface area contributed by atoms with E-state index in [1.165, 1.54) is 0 Å². The number of anilines is 2. The van der Waals surface area contributed by atoms with E-state index in [2.05, 4.69) is 42.4 Å². The molecule has 0 aliphatic carbocycles. The van der Waals surface area contributed by atoms with E-state index in [-0.39, 0.29) is 0 Å². The lowest BCUT2D eigenvalue weighted by Crippen LogP contribution is -2.00. The van der Waals surface area contributed by atoms with Gasteiger partial charge in [-0.2, -0.15) is 10.4 Å². The molecule has 0 saturated carbocycles. The van der Waals surface area contributed by atoms with E-state index in [1.807, 2.05) is 41.1 Å². The zero-order valence-electron chi connectivity index (χ0n) is 18.1. The lowest BCUT2D eigenvalue weighted by molar-refractivity contribution is 0.811. The molecule has 2 heterocycles. The molecule has 7 heteroatoms. The predicted molar refractivity (Wildman–Crippen MR) is 129 cm³/mol. The van der Waals surface area contributed by atoms with E-state index in [0.29, 0.717) is 11.5 Å². The summed E-state index contributed by atoms with van der Waals surface area (Å²) in [5, 5.41) is 18.1. The third-order valence-electron chi connectivity index (χ3n) is 5.00. The topological polar surface area (TPSA) is 79.4 Å². The van der Waals surface area contributed by atoms with Crippen molar-refractivity contribution in [1.29, 1.82) is 5.26 Å². The van der Waals surface area contributed by atoms with Crippen LogP contribution in [0.5, 0.6) is 0 Å². The summed E-state index contributed by atoms with van der Waals surface area (Å²) in [7, 11) is 0. The number of hydrogen-bond donors (Lipinski definition) is 1. The van der Waals surface area contributed by atoms with Crippen molar-refractivity contribution < 1.29 is 0 Å². The minimum absolute atomic E-state index is 0.503. The molecular formula is C25H24N6S. The molecule has 0 bridgehead atoms. The van der Waals surface area contributed by atoms with Gasteiger partial charge >= 0.3 is 0 Å². The highest BCUT2D eigenvalue weighted by Crippen LogP contribution is 2.35. The van der Waals surface area contributed by atoms with Crippen molar-refractivity contribution in [2.45, 2.75) is 31.7 Å². The first-order valence-electron chi connectivity index (χ1n) is 10.6. The lowest BCUT2D eigenvalue weighted by Gasteiger charge is -2.08. The lowest BCUT2D eigenvalue weighted by atomic mass is 10.2. The van der Waals surface area contributed by atoms with Gasteiger partial charge in [-0.25, -0.2) is 14.6 Å². The van der Waals surface area contributed by atoms with E-state index >= 15 is 0 Å². The molecule has 1 N–H and O–H groups in total. The van der Waals surface area contributed by atoms with Crippen LogP contribution in [0.2, 0.25) is 0 Å². The van der Waals surface area contributed by atoms with Crippen molar-refractivity contribution >= 4 is 23.4 Å². The Bertz CT molecular complexity index is 1230. The average Bonchev–Trinajstić information content (AvgIpc) is 3.16. The SMILES string of the molecule is CCCCSc1nn(-c2ccccc2)c(C)c1-c1ccnc(Nc2ccc(C#N)cc2)n1. The number of nitriles is 1. The Hall–Kier alpha value is -3.63. The zero-order chi connectivity index (χ0) is 22.3. The van der Waals surface area contributed by atoms with Gasteiger partial charge in [0.1, 0.15) is 5.03 Å². The van der Waals surface area contributed by atoms with Crippen molar-refractivity contribution in [3.05, 3.63) is 78.1 Å². The number of aromatic nitrogens is 4. The monoisotopic (exact) mass is 440 g/mol. The number of hydrogen-bond acceptors (Lipinski definition) is 6. The predicted octanol–water partition coefficient (Wildman–Crippen LogP) is 6.15. The van der Waals surface area contributed by atoms with Gasteiger partial charge in [0.15, 0.2) is 0 Å². The number of unbranched alkanes of at least 4 members (excludes halogenated alkanes) is 1. The van der Waals surface area contributed by atoms with Gasteiger partial charge in [0, 0.05) is 11.9 Å². The largest absolute Gasteiger partial charge is 0.324 e. The van der Waals surface area contributed by atoms with Gasteiger partial charge in [-0.15, -0.1) is 11.8 Å². The zero-order valence-corrected chi connectivity index (χ0v) is 18.9. The Morgan fingerprint density at radius 2 is 1.84 bits per heavy atom. The van der Waals surface area contributed by atoms with Gasteiger partial charge in [-0.05, 0) is 61.6 Å². The van der Waals surface area contributed by atoms with E-state index in [4.69, 9.17) is 15.3 Å². The first-order valence-corrected chi connectivity index (χ1v) is 11.6. The molecule has 0 fully saturated rings. The maximum absolute atomic E-state index is 8.99. The Kier molecular flexibility index (Phi) is 6.83. The third-order valence-corrected chi connectivity index (χ3v) is 6.06. The van der Waals surface area contributed by atoms with Crippen LogP contribution in [0.15, 0.2) is 71.9 Å².